The Hall–Kier alpha value is -1.09. The average molecular weight is 372 g/mol. The Kier molecular flexibility index (Phi) is 6.68. The fraction of sp³-hybridized carbons (Fsp3) is 0.562. The molecular weight excluding hydrogens is 346 g/mol. The third-order valence-electron chi connectivity index (χ3n) is 4.22. The van der Waals surface area contributed by atoms with Crippen LogP contribution in [0.25, 0.3) is 0 Å². The number of benzene rings is 1. The molecule has 134 valence electrons. The second kappa shape index (κ2) is 8.33. The van der Waals surface area contributed by atoms with Gasteiger partial charge in [0.25, 0.3) is 0 Å². The Bertz CT molecular complexity index is 654. The fourth-order valence-corrected chi connectivity index (χ4v) is 4.18. The molecule has 0 radical (unpaired) electrons. The summed E-state index contributed by atoms with van der Waals surface area (Å²) >= 11 is 1.55. The third-order valence-corrected chi connectivity index (χ3v) is 6.78. The molecule has 1 N–H and O–H groups in total. The lowest BCUT2D eigenvalue weighted by atomic mass is 10.1. The number of nitrogens with zero attached hydrogens (tertiary/aromatic N) is 2. The molecule has 0 aromatic heterocycles. The summed E-state index contributed by atoms with van der Waals surface area (Å²) in [6, 6.07) is 6.82. The van der Waals surface area contributed by atoms with Crippen LogP contribution in [0, 0.1) is 0 Å². The maximum absolute atomic E-state index is 12.5. The Morgan fingerprint density at radius 2 is 1.88 bits per heavy atom. The van der Waals surface area contributed by atoms with Gasteiger partial charge < -0.3 is 10.2 Å². The molecule has 1 fully saturated rings. The smallest absolute Gasteiger partial charge is 0.243 e. The minimum absolute atomic E-state index is 0.130. The topological polar surface area (TPSA) is 69.7 Å². The van der Waals surface area contributed by atoms with Crippen molar-refractivity contribution in [2.75, 3.05) is 40.0 Å². The lowest BCUT2D eigenvalue weighted by Gasteiger charge is -2.29. The van der Waals surface area contributed by atoms with Gasteiger partial charge in [0.15, 0.2) is 0 Å². The van der Waals surface area contributed by atoms with E-state index in [9.17, 15) is 13.2 Å². The highest BCUT2D eigenvalue weighted by Gasteiger charge is 2.24. The fourth-order valence-electron chi connectivity index (χ4n) is 2.64. The molecule has 24 heavy (non-hydrogen) atoms. The van der Waals surface area contributed by atoms with E-state index in [-0.39, 0.29) is 23.4 Å². The average Bonchev–Trinajstić information content (AvgIpc) is 2.57. The molecule has 0 aliphatic carbocycles. The van der Waals surface area contributed by atoms with E-state index in [1.807, 2.05) is 6.26 Å². The SMILES string of the molecule is CSc1ccc(S(=O)(=O)N(C)CC(=O)NC2CCN(C)CC2)cc1. The third kappa shape index (κ3) is 4.95. The number of likely N-dealkylation sites (tertiary alicyclic amines) is 1. The second-order valence-electron chi connectivity index (χ2n) is 6.08. The Balaban J connectivity index is 1.94. The summed E-state index contributed by atoms with van der Waals surface area (Å²) in [5.74, 6) is -0.253. The van der Waals surface area contributed by atoms with Crippen molar-refractivity contribution in [1.82, 2.24) is 14.5 Å². The Labute approximate surface area is 148 Å². The van der Waals surface area contributed by atoms with Crippen LogP contribution < -0.4 is 5.32 Å². The molecule has 0 saturated carbocycles. The van der Waals surface area contributed by atoms with Gasteiger partial charge >= 0.3 is 0 Å². The van der Waals surface area contributed by atoms with Gasteiger partial charge in [-0.2, -0.15) is 4.31 Å². The summed E-state index contributed by atoms with van der Waals surface area (Å²) < 4.78 is 26.2. The number of likely N-dealkylation sites (N-methyl/N-ethyl adjacent to an activating group) is 1. The number of rotatable bonds is 6. The zero-order valence-electron chi connectivity index (χ0n) is 14.4. The number of thioether (sulfide) groups is 1. The lowest BCUT2D eigenvalue weighted by molar-refractivity contribution is -0.122. The van der Waals surface area contributed by atoms with Crippen LogP contribution in [-0.2, 0) is 14.8 Å². The molecule has 6 nitrogen and oxygen atoms in total. The molecule has 0 atom stereocenters. The van der Waals surface area contributed by atoms with Crippen LogP contribution >= 0.6 is 11.8 Å². The van der Waals surface area contributed by atoms with Crippen molar-refractivity contribution in [3.05, 3.63) is 24.3 Å². The molecule has 1 amide bonds. The minimum Gasteiger partial charge on any atom is -0.352 e. The van der Waals surface area contributed by atoms with E-state index >= 15 is 0 Å². The predicted octanol–water partition coefficient (Wildman–Crippen LogP) is 1.24. The molecular formula is C16H25N3O3S2. The number of nitrogens with one attached hydrogen (secondary N) is 1. The van der Waals surface area contributed by atoms with Crippen LogP contribution in [0.3, 0.4) is 0 Å². The maximum atomic E-state index is 12.5. The van der Waals surface area contributed by atoms with Gasteiger partial charge in [-0.25, -0.2) is 8.42 Å². The Morgan fingerprint density at radius 3 is 2.42 bits per heavy atom. The lowest BCUT2D eigenvalue weighted by Crippen LogP contribution is -2.46. The van der Waals surface area contributed by atoms with Crippen molar-refractivity contribution in [2.24, 2.45) is 0 Å². The molecule has 1 saturated heterocycles. The van der Waals surface area contributed by atoms with E-state index in [0.717, 1.165) is 35.1 Å². The van der Waals surface area contributed by atoms with Crippen LogP contribution in [-0.4, -0.2) is 69.6 Å². The van der Waals surface area contributed by atoms with E-state index < -0.39 is 10.0 Å². The highest BCUT2D eigenvalue weighted by Crippen LogP contribution is 2.19. The van der Waals surface area contributed by atoms with Gasteiger partial charge in [0.2, 0.25) is 15.9 Å². The summed E-state index contributed by atoms with van der Waals surface area (Å²) in [6.45, 7) is 1.72. The number of carbonyl (C=O) groups is 1. The van der Waals surface area contributed by atoms with Gasteiger partial charge in [-0.15, -0.1) is 11.8 Å². The summed E-state index contributed by atoms with van der Waals surface area (Å²) in [4.78, 5) is 15.6. The van der Waals surface area contributed by atoms with E-state index in [0.29, 0.717) is 0 Å². The van der Waals surface area contributed by atoms with E-state index in [4.69, 9.17) is 0 Å². The predicted molar refractivity (Wildman–Crippen MR) is 96.7 cm³/mol. The molecule has 1 heterocycles. The summed E-state index contributed by atoms with van der Waals surface area (Å²) in [5, 5.41) is 2.94. The molecule has 1 aromatic rings. The van der Waals surface area contributed by atoms with Gasteiger partial charge in [-0.05, 0) is 63.5 Å². The molecule has 1 aliphatic heterocycles. The van der Waals surface area contributed by atoms with Gasteiger partial charge in [0.05, 0.1) is 11.4 Å². The first kappa shape index (κ1) is 19.2. The van der Waals surface area contributed by atoms with Crippen molar-refractivity contribution in [1.29, 1.82) is 0 Å². The van der Waals surface area contributed by atoms with Crippen LogP contribution in [0.1, 0.15) is 12.8 Å². The quantitative estimate of drug-likeness (QED) is 0.762. The Morgan fingerprint density at radius 1 is 1.29 bits per heavy atom. The molecule has 0 unspecified atom stereocenters. The highest BCUT2D eigenvalue weighted by atomic mass is 32.2. The number of sulfonamides is 1. The normalized spacial score (nSPS) is 17.2. The number of carbonyl (C=O) groups excluding carboxylic acids is 1. The zero-order chi connectivity index (χ0) is 17.7. The van der Waals surface area contributed by atoms with Crippen LogP contribution in [0.5, 0.6) is 0 Å². The standard InChI is InChI=1S/C16H25N3O3S2/c1-18-10-8-13(9-11-18)17-16(20)12-19(2)24(21,22)15-6-4-14(23-3)5-7-15/h4-7,13H,8-12H2,1-3H3,(H,17,20). The molecule has 2 rings (SSSR count). The molecule has 8 heteroatoms. The van der Waals surface area contributed by atoms with Crippen molar-refractivity contribution in [3.8, 4) is 0 Å². The number of amides is 1. The van der Waals surface area contributed by atoms with E-state index in [1.54, 1.807) is 36.0 Å². The van der Waals surface area contributed by atoms with Gasteiger partial charge in [-0.1, -0.05) is 0 Å². The van der Waals surface area contributed by atoms with Crippen molar-refractivity contribution >= 4 is 27.7 Å². The molecule has 0 spiro atoms. The van der Waals surface area contributed by atoms with Crippen molar-refractivity contribution < 1.29 is 13.2 Å². The van der Waals surface area contributed by atoms with Gasteiger partial charge in [0.1, 0.15) is 0 Å². The summed E-state index contributed by atoms with van der Waals surface area (Å²) in [7, 11) is -0.161. The number of hydrogen-bond donors (Lipinski definition) is 1. The van der Waals surface area contributed by atoms with Crippen LogP contribution in [0.2, 0.25) is 0 Å². The van der Waals surface area contributed by atoms with Crippen LogP contribution in [0.4, 0.5) is 0 Å². The van der Waals surface area contributed by atoms with Crippen LogP contribution in [0.15, 0.2) is 34.1 Å². The highest BCUT2D eigenvalue weighted by molar-refractivity contribution is 7.98. The van der Waals surface area contributed by atoms with Crippen molar-refractivity contribution in [2.45, 2.75) is 28.7 Å². The number of hydrogen-bond acceptors (Lipinski definition) is 5. The number of piperidine rings is 1. The van der Waals surface area contributed by atoms with E-state index in [2.05, 4.69) is 17.3 Å². The first-order valence-corrected chi connectivity index (χ1v) is 10.6. The largest absolute Gasteiger partial charge is 0.352 e. The summed E-state index contributed by atoms with van der Waals surface area (Å²) in [6.07, 6.45) is 3.73. The van der Waals surface area contributed by atoms with Gasteiger partial charge in [0, 0.05) is 18.0 Å². The minimum atomic E-state index is -3.65. The zero-order valence-corrected chi connectivity index (χ0v) is 16.0. The molecule has 1 aromatic carbocycles. The first-order valence-electron chi connectivity index (χ1n) is 7.91. The van der Waals surface area contributed by atoms with Crippen molar-refractivity contribution in [3.63, 3.8) is 0 Å². The molecule has 0 bridgehead atoms. The van der Waals surface area contributed by atoms with Gasteiger partial charge in [-0.3, -0.25) is 4.79 Å². The second-order valence-corrected chi connectivity index (χ2v) is 9.01. The van der Waals surface area contributed by atoms with E-state index in [1.165, 1.54) is 7.05 Å². The summed E-state index contributed by atoms with van der Waals surface area (Å²) in [5.41, 5.74) is 0. The molecule has 1 aliphatic rings. The first-order chi connectivity index (χ1) is 11.3. The monoisotopic (exact) mass is 371 g/mol. The maximum Gasteiger partial charge on any atom is 0.243 e.